The van der Waals surface area contributed by atoms with E-state index in [1.165, 1.54) is 24.4 Å². The maximum atomic E-state index is 11.1. The van der Waals surface area contributed by atoms with Crippen molar-refractivity contribution in [1.29, 1.82) is 0 Å². The molecular weight excluding hydrogens is 262 g/mol. The van der Waals surface area contributed by atoms with Gasteiger partial charge in [0.2, 0.25) is 0 Å². The fourth-order valence-electron chi connectivity index (χ4n) is 1.63. The van der Waals surface area contributed by atoms with Crippen LogP contribution in [0.1, 0.15) is 18.1 Å². The molecule has 0 saturated carbocycles. The van der Waals surface area contributed by atoms with Crippen LogP contribution in [-0.4, -0.2) is 32.5 Å². The van der Waals surface area contributed by atoms with E-state index in [-0.39, 0.29) is 5.97 Å². The molecule has 0 aliphatic carbocycles. The van der Waals surface area contributed by atoms with Gasteiger partial charge >= 0.3 is 5.97 Å². The lowest BCUT2D eigenvalue weighted by Crippen LogP contribution is -2.12. The Kier molecular flexibility index (Phi) is 7.36. The van der Waals surface area contributed by atoms with Crippen LogP contribution in [0.2, 0.25) is 0 Å². The first kappa shape index (κ1) is 15.9. The number of thioether (sulfide) groups is 1. The number of ether oxygens (including phenoxy) is 2. The molecule has 0 aliphatic rings. The van der Waals surface area contributed by atoms with E-state index < -0.39 is 0 Å². The third kappa shape index (κ3) is 5.53. The third-order valence-corrected chi connectivity index (χ3v) is 3.58. The van der Waals surface area contributed by atoms with Gasteiger partial charge in [0.05, 0.1) is 20.0 Å². The Bertz CT molecular complexity index is 410. The minimum atomic E-state index is -0.201. The first-order valence-electron chi connectivity index (χ1n) is 6.22. The van der Waals surface area contributed by atoms with Crippen molar-refractivity contribution in [2.45, 2.75) is 19.2 Å². The van der Waals surface area contributed by atoms with Crippen molar-refractivity contribution < 1.29 is 14.3 Å². The predicted molar refractivity (Wildman–Crippen MR) is 78.6 cm³/mol. The molecule has 0 heterocycles. The second kappa shape index (κ2) is 8.82. The Morgan fingerprint density at radius 2 is 2.16 bits per heavy atom. The quantitative estimate of drug-likeness (QED) is 0.741. The second-order valence-electron chi connectivity index (χ2n) is 4.00. The second-order valence-corrected chi connectivity index (χ2v) is 4.98. The van der Waals surface area contributed by atoms with Gasteiger partial charge in [-0.2, -0.15) is 0 Å². The topological polar surface area (TPSA) is 47.6 Å². The number of nitrogens with one attached hydrogen (secondary N) is 1. The fourth-order valence-corrected chi connectivity index (χ4v) is 2.46. The molecule has 0 radical (unpaired) electrons. The Morgan fingerprint density at radius 3 is 2.79 bits per heavy atom. The van der Waals surface area contributed by atoms with Crippen molar-refractivity contribution in [3.05, 3.63) is 29.3 Å². The van der Waals surface area contributed by atoms with Gasteiger partial charge in [-0.25, -0.2) is 0 Å². The van der Waals surface area contributed by atoms with E-state index in [2.05, 4.69) is 29.1 Å². The van der Waals surface area contributed by atoms with Crippen molar-refractivity contribution in [3.8, 4) is 5.75 Å². The van der Waals surface area contributed by atoms with Crippen molar-refractivity contribution in [2.75, 3.05) is 26.5 Å². The SMILES string of the molecule is CCNCc1ccc(OC)c(CSCC(=O)OC)c1. The van der Waals surface area contributed by atoms with Gasteiger partial charge in [0.25, 0.3) is 0 Å². The van der Waals surface area contributed by atoms with Gasteiger partial charge in [0, 0.05) is 17.9 Å². The zero-order valence-electron chi connectivity index (χ0n) is 11.7. The molecule has 106 valence electrons. The summed E-state index contributed by atoms with van der Waals surface area (Å²) in [5.41, 5.74) is 2.32. The van der Waals surface area contributed by atoms with E-state index in [0.29, 0.717) is 5.75 Å². The molecule has 0 aliphatic heterocycles. The molecule has 1 N–H and O–H groups in total. The third-order valence-electron chi connectivity index (χ3n) is 2.63. The van der Waals surface area contributed by atoms with Crippen LogP contribution in [0.3, 0.4) is 0 Å². The maximum absolute atomic E-state index is 11.1. The molecule has 0 fully saturated rings. The van der Waals surface area contributed by atoms with Crippen LogP contribution in [0.25, 0.3) is 0 Å². The summed E-state index contributed by atoms with van der Waals surface area (Å²) in [7, 11) is 3.06. The first-order valence-corrected chi connectivity index (χ1v) is 7.37. The van der Waals surface area contributed by atoms with E-state index in [1.54, 1.807) is 7.11 Å². The molecule has 0 amide bonds. The van der Waals surface area contributed by atoms with Gasteiger partial charge in [-0.15, -0.1) is 11.8 Å². The zero-order chi connectivity index (χ0) is 14.1. The number of hydrogen-bond acceptors (Lipinski definition) is 5. The molecule has 1 aromatic rings. The van der Waals surface area contributed by atoms with Crippen molar-refractivity contribution >= 4 is 17.7 Å². The molecule has 4 nitrogen and oxygen atoms in total. The Morgan fingerprint density at radius 1 is 1.37 bits per heavy atom. The fraction of sp³-hybridized carbons (Fsp3) is 0.500. The monoisotopic (exact) mass is 283 g/mol. The lowest BCUT2D eigenvalue weighted by atomic mass is 10.1. The number of benzene rings is 1. The molecular formula is C14H21NO3S. The number of esters is 1. The van der Waals surface area contributed by atoms with Crippen LogP contribution < -0.4 is 10.1 Å². The molecule has 1 aromatic carbocycles. The van der Waals surface area contributed by atoms with Gasteiger partial charge in [0.15, 0.2) is 0 Å². The van der Waals surface area contributed by atoms with Crippen LogP contribution in [-0.2, 0) is 21.8 Å². The average molecular weight is 283 g/mol. The summed E-state index contributed by atoms with van der Waals surface area (Å²) in [5, 5.41) is 3.29. The van der Waals surface area contributed by atoms with Gasteiger partial charge in [-0.1, -0.05) is 13.0 Å². The molecule has 0 bridgehead atoms. The van der Waals surface area contributed by atoms with Crippen LogP contribution >= 0.6 is 11.8 Å². The number of rotatable bonds is 8. The minimum Gasteiger partial charge on any atom is -0.496 e. The lowest BCUT2D eigenvalue weighted by Gasteiger charge is -2.11. The zero-order valence-corrected chi connectivity index (χ0v) is 12.5. The molecule has 19 heavy (non-hydrogen) atoms. The van der Waals surface area contributed by atoms with Gasteiger partial charge in [0.1, 0.15) is 5.75 Å². The van der Waals surface area contributed by atoms with Crippen molar-refractivity contribution in [2.24, 2.45) is 0 Å². The molecule has 1 rings (SSSR count). The van der Waals surface area contributed by atoms with Crippen molar-refractivity contribution in [3.63, 3.8) is 0 Å². The number of hydrogen-bond donors (Lipinski definition) is 1. The summed E-state index contributed by atoms with van der Waals surface area (Å²) in [4.78, 5) is 11.1. The summed E-state index contributed by atoms with van der Waals surface area (Å²) in [6.45, 7) is 3.87. The Hall–Kier alpha value is -1.20. The van der Waals surface area contributed by atoms with Crippen LogP contribution in [0, 0.1) is 0 Å². The van der Waals surface area contributed by atoms with E-state index in [0.717, 1.165) is 30.2 Å². The molecule has 0 spiro atoms. The van der Waals surface area contributed by atoms with Crippen molar-refractivity contribution in [1.82, 2.24) is 5.32 Å². The highest BCUT2D eigenvalue weighted by Gasteiger charge is 2.07. The average Bonchev–Trinajstić information content (AvgIpc) is 2.45. The summed E-state index contributed by atoms with van der Waals surface area (Å²) in [6, 6.07) is 6.14. The van der Waals surface area contributed by atoms with Crippen LogP contribution in [0.5, 0.6) is 5.75 Å². The number of carbonyl (C=O) groups excluding carboxylic acids is 1. The maximum Gasteiger partial charge on any atom is 0.315 e. The summed E-state index contributed by atoms with van der Waals surface area (Å²) < 4.78 is 9.96. The van der Waals surface area contributed by atoms with E-state index in [9.17, 15) is 4.79 Å². The summed E-state index contributed by atoms with van der Waals surface area (Å²) in [6.07, 6.45) is 0. The standard InChI is InChI=1S/C14H21NO3S/c1-4-15-8-11-5-6-13(17-2)12(7-11)9-19-10-14(16)18-3/h5-7,15H,4,8-10H2,1-3H3. The van der Waals surface area contributed by atoms with Crippen LogP contribution in [0.4, 0.5) is 0 Å². The van der Waals surface area contributed by atoms with Gasteiger partial charge < -0.3 is 14.8 Å². The highest BCUT2D eigenvalue weighted by Crippen LogP contribution is 2.24. The smallest absolute Gasteiger partial charge is 0.315 e. The number of carbonyl (C=O) groups is 1. The number of methoxy groups -OCH3 is 2. The van der Waals surface area contributed by atoms with E-state index in [1.807, 2.05) is 6.07 Å². The highest BCUT2D eigenvalue weighted by molar-refractivity contribution is 7.99. The molecule has 5 heteroatoms. The van der Waals surface area contributed by atoms with Gasteiger partial charge in [-0.3, -0.25) is 4.79 Å². The van der Waals surface area contributed by atoms with E-state index in [4.69, 9.17) is 4.74 Å². The Labute approximate surface area is 118 Å². The summed E-state index contributed by atoms with van der Waals surface area (Å²) >= 11 is 1.53. The normalized spacial score (nSPS) is 10.3. The minimum absolute atomic E-state index is 0.201. The van der Waals surface area contributed by atoms with Gasteiger partial charge in [-0.05, 0) is 24.2 Å². The lowest BCUT2D eigenvalue weighted by molar-refractivity contribution is -0.137. The molecule has 0 aromatic heterocycles. The molecule has 0 unspecified atom stereocenters. The van der Waals surface area contributed by atoms with E-state index >= 15 is 0 Å². The molecule has 0 saturated heterocycles. The van der Waals surface area contributed by atoms with Crippen LogP contribution in [0.15, 0.2) is 18.2 Å². The predicted octanol–water partition coefficient (Wildman–Crippen LogP) is 2.21. The molecule has 0 atom stereocenters. The highest BCUT2D eigenvalue weighted by atomic mass is 32.2. The largest absolute Gasteiger partial charge is 0.496 e. The first-order chi connectivity index (χ1) is 9.21. The Balaban J connectivity index is 2.64. The summed E-state index contributed by atoms with van der Waals surface area (Å²) in [5.74, 6) is 1.75.